The molecule has 1 saturated carbocycles. The summed E-state index contributed by atoms with van der Waals surface area (Å²) in [5.41, 5.74) is 0.246. The molecule has 1 unspecified atom stereocenters. The second kappa shape index (κ2) is 7.74. The largest absolute Gasteiger partial charge is 0.394 e. The van der Waals surface area contributed by atoms with E-state index in [1.807, 2.05) is 0 Å². The Morgan fingerprint density at radius 3 is 2.30 bits per heavy atom. The first-order valence-corrected chi connectivity index (χ1v) is 8.09. The van der Waals surface area contributed by atoms with Crippen molar-refractivity contribution in [3.8, 4) is 0 Å². The van der Waals surface area contributed by atoms with Crippen molar-refractivity contribution in [2.45, 2.75) is 57.0 Å². The van der Waals surface area contributed by atoms with Crippen LogP contribution in [0.25, 0.3) is 0 Å². The molecule has 2 N–H and O–H groups in total. The molecule has 0 spiro atoms. The van der Waals surface area contributed by atoms with E-state index in [4.69, 9.17) is 0 Å². The molecule has 1 atom stereocenters. The minimum atomic E-state index is -0.144. The molecule has 1 aliphatic carbocycles. The molecule has 0 aromatic carbocycles. The molecule has 1 aliphatic rings. The predicted octanol–water partition coefficient (Wildman–Crippen LogP) is 1.54. The third-order valence-electron chi connectivity index (χ3n) is 4.99. The second-order valence-corrected chi connectivity index (χ2v) is 7.11. The molecule has 0 heterocycles. The van der Waals surface area contributed by atoms with Crippen LogP contribution < -0.4 is 5.32 Å². The average Bonchev–Trinajstić information content (AvgIpc) is 2.38. The quantitative estimate of drug-likeness (QED) is 0.639. The fourth-order valence-electron chi connectivity index (χ4n) is 3.00. The molecule has 0 aliphatic heterocycles. The van der Waals surface area contributed by atoms with Gasteiger partial charge in [0.1, 0.15) is 0 Å². The van der Waals surface area contributed by atoms with E-state index in [-0.39, 0.29) is 12.1 Å². The molecular formula is C16H35N3O. The Hall–Kier alpha value is -0.160. The molecule has 120 valence electrons. The summed E-state index contributed by atoms with van der Waals surface area (Å²) >= 11 is 0. The number of nitrogens with zero attached hydrogens (tertiary/aromatic N) is 2. The van der Waals surface area contributed by atoms with E-state index >= 15 is 0 Å². The maximum Gasteiger partial charge on any atom is 0.0611 e. The smallest absolute Gasteiger partial charge is 0.0611 e. The lowest BCUT2D eigenvalue weighted by atomic mass is 9.75. The van der Waals surface area contributed by atoms with Gasteiger partial charge in [-0.1, -0.05) is 6.92 Å². The summed E-state index contributed by atoms with van der Waals surface area (Å²) in [4.78, 5) is 4.83. The Kier molecular flexibility index (Phi) is 6.92. The predicted molar refractivity (Wildman–Crippen MR) is 86.2 cm³/mol. The fraction of sp³-hybridized carbons (Fsp3) is 1.00. The summed E-state index contributed by atoms with van der Waals surface area (Å²) in [5.74, 6) is 0. The SMILES string of the molecule is CCCNC(C)(CO)CCN(C)CC1(N(C)C)CCC1. The highest BCUT2D eigenvalue weighted by molar-refractivity contribution is 4.98. The zero-order valence-corrected chi connectivity index (χ0v) is 14.2. The highest BCUT2D eigenvalue weighted by atomic mass is 16.3. The van der Waals surface area contributed by atoms with E-state index in [0.29, 0.717) is 5.54 Å². The van der Waals surface area contributed by atoms with Crippen molar-refractivity contribution in [1.82, 2.24) is 15.1 Å². The lowest BCUT2D eigenvalue weighted by molar-refractivity contribution is 0.0245. The highest BCUT2D eigenvalue weighted by Crippen LogP contribution is 2.36. The third kappa shape index (κ3) is 4.69. The van der Waals surface area contributed by atoms with Crippen molar-refractivity contribution in [3.63, 3.8) is 0 Å². The monoisotopic (exact) mass is 285 g/mol. The standard InChI is InChI=1S/C16H35N3O/c1-6-11-17-15(2,14-20)10-12-19(5)13-16(18(3)4)8-7-9-16/h17,20H,6-14H2,1-5H3. The second-order valence-electron chi connectivity index (χ2n) is 7.11. The fourth-order valence-corrected chi connectivity index (χ4v) is 3.00. The van der Waals surface area contributed by atoms with Crippen LogP contribution in [0, 0.1) is 0 Å². The zero-order valence-electron chi connectivity index (χ0n) is 14.2. The lowest BCUT2D eigenvalue weighted by Gasteiger charge is -2.49. The lowest BCUT2D eigenvalue weighted by Crippen LogP contribution is -2.57. The van der Waals surface area contributed by atoms with Crippen LogP contribution in [0.15, 0.2) is 0 Å². The van der Waals surface area contributed by atoms with Gasteiger partial charge in [0.15, 0.2) is 0 Å². The number of aliphatic hydroxyl groups is 1. The molecule has 1 fully saturated rings. The average molecular weight is 285 g/mol. The van der Waals surface area contributed by atoms with Crippen molar-refractivity contribution in [3.05, 3.63) is 0 Å². The van der Waals surface area contributed by atoms with Gasteiger partial charge in [-0.15, -0.1) is 0 Å². The minimum Gasteiger partial charge on any atom is -0.394 e. The van der Waals surface area contributed by atoms with Crippen LogP contribution in [-0.4, -0.2) is 73.4 Å². The van der Waals surface area contributed by atoms with Gasteiger partial charge in [-0.05, 0) is 73.3 Å². The normalized spacial score (nSPS) is 21.0. The molecular weight excluding hydrogens is 250 g/mol. The molecule has 4 nitrogen and oxygen atoms in total. The molecule has 20 heavy (non-hydrogen) atoms. The minimum absolute atomic E-state index is 0.144. The Bertz CT molecular complexity index is 279. The van der Waals surface area contributed by atoms with Gasteiger partial charge in [0.2, 0.25) is 0 Å². The maximum absolute atomic E-state index is 9.61. The van der Waals surface area contributed by atoms with Crippen LogP contribution in [0.3, 0.4) is 0 Å². The highest BCUT2D eigenvalue weighted by Gasteiger charge is 2.39. The summed E-state index contributed by atoms with van der Waals surface area (Å²) in [6.07, 6.45) is 6.09. The van der Waals surface area contributed by atoms with E-state index in [1.165, 1.54) is 19.3 Å². The maximum atomic E-state index is 9.61. The summed E-state index contributed by atoms with van der Waals surface area (Å²) in [5, 5.41) is 13.1. The van der Waals surface area contributed by atoms with Gasteiger partial charge in [-0.25, -0.2) is 0 Å². The number of rotatable bonds is 10. The van der Waals surface area contributed by atoms with Gasteiger partial charge in [0, 0.05) is 17.6 Å². The Morgan fingerprint density at radius 1 is 1.25 bits per heavy atom. The van der Waals surface area contributed by atoms with Crippen LogP contribution in [0.4, 0.5) is 0 Å². The van der Waals surface area contributed by atoms with Crippen molar-refractivity contribution >= 4 is 0 Å². The van der Waals surface area contributed by atoms with Gasteiger partial charge >= 0.3 is 0 Å². The molecule has 0 aromatic rings. The van der Waals surface area contributed by atoms with E-state index in [9.17, 15) is 5.11 Å². The van der Waals surface area contributed by atoms with E-state index in [1.54, 1.807) is 0 Å². The molecule has 4 heteroatoms. The molecule has 0 aromatic heterocycles. The molecule has 0 saturated heterocycles. The van der Waals surface area contributed by atoms with Crippen LogP contribution in [-0.2, 0) is 0 Å². The number of hydrogen-bond acceptors (Lipinski definition) is 4. The summed E-state index contributed by atoms with van der Waals surface area (Å²) in [6, 6.07) is 0. The van der Waals surface area contributed by atoms with Crippen molar-refractivity contribution in [1.29, 1.82) is 0 Å². The first kappa shape index (κ1) is 17.9. The molecule has 0 amide bonds. The number of likely N-dealkylation sites (N-methyl/N-ethyl adjacent to an activating group) is 2. The summed E-state index contributed by atoms with van der Waals surface area (Å²) < 4.78 is 0. The number of nitrogens with one attached hydrogen (secondary N) is 1. The topological polar surface area (TPSA) is 38.7 Å². The Morgan fingerprint density at radius 2 is 1.90 bits per heavy atom. The Labute approximate surface area is 125 Å². The first-order chi connectivity index (χ1) is 9.37. The number of aliphatic hydroxyl groups excluding tert-OH is 1. The van der Waals surface area contributed by atoms with Gasteiger partial charge in [-0.3, -0.25) is 0 Å². The number of hydrogen-bond donors (Lipinski definition) is 2. The van der Waals surface area contributed by atoms with Crippen molar-refractivity contribution in [2.24, 2.45) is 0 Å². The Balaban J connectivity index is 2.39. The van der Waals surface area contributed by atoms with Crippen molar-refractivity contribution in [2.75, 3.05) is 47.4 Å². The van der Waals surface area contributed by atoms with Crippen LogP contribution >= 0.6 is 0 Å². The van der Waals surface area contributed by atoms with Gasteiger partial charge < -0.3 is 20.2 Å². The van der Waals surface area contributed by atoms with Gasteiger partial charge in [0.25, 0.3) is 0 Å². The van der Waals surface area contributed by atoms with Crippen LogP contribution in [0.2, 0.25) is 0 Å². The van der Waals surface area contributed by atoms with Crippen LogP contribution in [0.1, 0.15) is 46.0 Å². The molecule has 0 radical (unpaired) electrons. The summed E-state index contributed by atoms with van der Waals surface area (Å²) in [6.45, 7) is 7.64. The third-order valence-corrected chi connectivity index (χ3v) is 4.99. The van der Waals surface area contributed by atoms with Crippen LogP contribution in [0.5, 0.6) is 0 Å². The van der Waals surface area contributed by atoms with E-state index in [2.05, 4.69) is 50.1 Å². The van der Waals surface area contributed by atoms with Crippen molar-refractivity contribution < 1.29 is 5.11 Å². The van der Waals surface area contributed by atoms with Gasteiger partial charge in [-0.2, -0.15) is 0 Å². The summed E-state index contributed by atoms with van der Waals surface area (Å²) in [7, 11) is 6.61. The zero-order chi connectivity index (χ0) is 15.2. The van der Waals surface area contributed by atoms with E-state index in [0.717, 1.165) is 32.5 Å². The van der Waals surface area contributed by atoms with Gasteiger partial charge in [0.05, 0.1) is 6.61 Å². The molecule has 1 rings (SSSR count). The van der Waals surface area contributed by atoms with E-state index < -0.39 is 0 Å². The first-order valence-electron chi connectivity index (χ1n) is 8.09. The molecule has 0 bridgehead atoms.